The fourth-order valence-corrected chi connectivity index (χ4v) is 2.89. The number of nitrogens with zero attached hydrogens (tertiary/aromatic N) is 1. The summed E-state index contributed by atoms with van der Waals surface area (Å²) in [5.41, 5.74) is 5.17. The first kappa shape index (κ1) is 23.3. The second-order valence-electron chi connectivity index (χ2n) is 6.43. The van der Waals surface area contributed by atoms with E-state index in [2.05, 4.69) is 22.6 Å². The Balaban J connectivity index is 1.95. The van der Waals surface area contributed by atoms with E-state index < -0.39 is 0 Å². The predicted octanol–water partition coefficient (Wildman–Crippen LogP) is 4.14. The van der Waals surface area contributed by atoms with Crippen molar-refractivity contribution in [3.63, 3.8) is 0 Å². The molecule has 0 aliphatic heterocycles. The largest absolute Gasteiger partial charge is 0.497 e. The van der Waals surface area contributed by atoms with Crippen molar-refractivity contribution in [1.82, 2.24) is 5.43 Å². The van der Waals surface area contributed by atoms with Gasteiger partial charge in [0.1, 0.15) is 11.4 Å². The van der Waals surface area contributed by atoms with Gasteiger partial charge >= 0.3 is 0 Å². The van der Waals surface area contributed by atoms with Crippen molar-refractivity contribution < 1.29 is 14.3 Å². The van der Waals surface area contributed by atoms with Crippen LogP contribution in [-0.2, 0) is 9.59 Å². The minimum atomic E-state index is -0.363. The molecule has 3 N–H and O–H groups in total. The van der Waals surface area contributed by atoms with Gasteiger partial charge in [0.05, 0.1) is 12.8 Å². The Hall–Kier alpha value is -3.03. The Labute approximate surface area is 182 Å². The average molecular weight is 431 g/mol. The van der Waals surface area contributed by atoms with Gasteiger partial charge in [0.25, 0.3) is 5.91 Å². The van der Waals surface area contributed by atoms with Crippen LogP contribution in [0.4, 0.5) is 17.1 Å². The number of anilines is 3. The lowest BCUT2D eigenvalue weighted by molar-refractivity contribution is -0.116. The van der Waals surface area contributed by atoms with E-state index in [1.165, 1.54) is 0 Å². The van der Waals surface area contributed by atoms with Gasteiger partial charge in [-0.2, -0.15) is 0 Å². The number of amides is 2. The fraction of sp³-hybridized carbons (Fsp3) is 0.273. The van der Waals surface area contributed by atoms with Crippen LogP contribution in [0.1, 0.15) is 19.3 Å². The van der Waals surface area contributed by atoms with Crippen LogP contribution in [0.5, 0.6) is 5.75 Å². The van der Waals surface area contributed by atoms with E-state index in [1.807, 2.05) is 12.1 Å². The Bertz CT molecular complexity index is 854. The van der Waals surface area contributed by atoms with Crippen LogP contribution in [0.25, 0.3) is 0 Å². The third-order valence-corrected chi connectivity index (χ3v) is 4.57. The van der Waals surface area contributed by atoms with Crippen molar-refractivity contribution in [3.05, 3.63) is 60.8 Å². The summed E-state index contributed by atoms with van der Waals surface area (Å²) in [6.45, 7) is 3.89. The molecule has 7 nitrogen and oxygen atoms in total. The quantitative estimate of drug-likeness (QED) is 0.216. The van der Waals surface area contributed by atoms with Crippen LogP contribution >= 0.6 is 11.6 Å². The van der Waals surface area contributed by atoms with Gasteiger partial charge in [-0.3, -0.25) is 14.6 Å². The van der Waals surface area contributed by atoms with Gasteiger partial charge in [-0.05, 0) is 61.4 Å². The lowest BCUT2D eigenvalue weighted by atomic mass is 10.2. The molecule has 30 heavy (non-hydrogen) atoms. The number of benzene rings is 2. The maximum atomic E-state index is 12.6. The molecule has 0 fully saturated rings. The molecule has 2 amide bonds. The number of hydrazine groups is 1. The van der Waals surface area contributed by atoms with E-state index in [0.29, 0.717) is 23.7 Å². The minimum Gasteiger partial charge on any atom is -0.497 e. The molecule has 0 atom stereocenters. The Morgan fingerprint density at radius 1 is 1.00 bits per heavy atom. The zero-order chi connectivity index (χ0) is 21.9. The van der Waals surface area contributed by atoms with Crippen LogP contribution < -0.4 is 25.8 Å². The van der Waals surface area contributed by atoms with E-state index in [9.17, 15) is 9.59 Å². The minimum absolute atomic E-state index is 0.0607. The average Bonchev–Trinajstić information content (AvgIpc) is 2.76. The molecule has 0 aliphatic rings. The summed E-state index contributed by atoms with van der Waals surface area (Å²) in [6.07, 6.45) is 1.99. The molecule has 0 spiro atoms. The van der Waals surface area contributed by atoms with Gasteiger partial charge in [-0.1, -0.05) is 6.58 Å². The number of carbonyl (C=O) groups is 2. The van der Waals surface area contributed by atoms with Crippen LogP contribution in [0.15, 0.2) is 60.8 Å². The molecule has 8 heteroatoms. The van der Waals surface area contributed by atoms with Gasteiger partial charge < -0.3 is 15.4 Å². The molecule has 0 saturated carbocycles. The SMILES string of the molecule is C=C(C(=O)Nc1ccc(NC(=O)CCCCCl)cc1)N(NC)c1ccc(OC)cc1. The number of rotatable bonds is 11. The first-order valence-electron chi connectivity index (χ1n) is 9.56. The number of halogens is 1. The van der Waals surface area contributed by atoms with Crippen molar-refractivity contribution >= 4 is 40.5 Å². The van der Waals surface area contributed by atoms with Crippen molar-refractivity contribution in [2.45, 2.75) is 19.3 Å². The molecule has 0 radical (unpaired) electrons. The molecule has 0 heterocycles. The number of carbonyl (C=O) groups excluding carboxylic acids is 2. The molecular formula is C22H27ClN4O3. The molecule has 0 bridgehead atoms. The standard InChI is InChI=1S/C22H27ClN4O3/c1-16(27(24-2)19-11-13-20(30-3)14-12-19)22(29)26-18-9-7-17(8-10-18)25-21(28)6-4-5-15-23/h7-14,24H,1,4-6,15H2,2-3H3,(H,25,28)(H,26,29). The number of unbranched alkanes of at least 4 members (excludes halogenated alkanes) is 1. The Morgan fingerprint density at radius 3 is 2.13 bits per heavy atom. The lowest BCUT2D eigenvalue weighted by Gasteiger charge is -2.25. The summed E-state index contributed by atoms with van der Waals surface area (Å²) < 4.78 is 5.16. The number of alkyl halides is 1. The van der Waals surface area contributed by atoms with Gasteiger partial charge in [-0.25, -0.2) is 5.43 Å². The molecule has 0 unspecified atom stereocenters. The summed E-state index contributed by atoms with van der Waals surface area (Å²) in [4.78, 5) is 24.5. The van der Waals surface area contributed by atoms with Crippen molar-refractivity contribution in [2.24, 2.45) is 0 Å². The highest BCUT2D eigenvalue weighted by molar-refractivity contribution is 6.17. The molecule has 2 aromatic carbocycles. The van der Waals surface area contributed by atoms with Crippen molar-refractivity contribution in [3.8, 4) is 5.75 Å². The zero-order valence-electron chi connectivity index (χ0n) is 17.2. The third kappa shape index (κ3) is 6.79. The molecule has 0 saturated heterocycles. The van der Waals surface area contributed by atoms with Gasteiger partial charge in [0, 0.05) is 30.7 Å². The Kier molecular flexibility index (Phi) is 9.18. The molecular weight excluding hydrogens is 404 g/mol. The van der Waals surface area contributed by atoms with Crippen LogP contribution in [0, 0.1) is 0 Å². The normalized spacial score (nSPS) is 10.2. The topological polar surface area (TPSA) is 82.7 Å². The number of ether oxygens (including phenoxy) is 1. The monoisotopic (exact) mass is 430 g/mol. The zero-order valence-corrected chi connectivity index (χ0v) is 18.0. The summed E-state index contributed by atoms with van der Waals surface area (Å²) in [6, 6.07) is 14.1. The van der Waals surface area contributed by atoms with E-state index in [1.54, 1.807) is 55.6 Å². The number of methoxy groups -OCH3 is 1. The molecule has 0 aromatic heterocycles. The van der Waals surface area contributed by atoms with Gasteiger partial charge in [0.15, 0.2) is 0 Å². The van der Waals surface area contributed by atoms with E-state index in [0.717, 1.165) is 24.3 Å². The predicted molar refractivity (Wildman–Crippen MR) is 122 cm³/mol. The summed E-state index contributed by atoms with van der Waals surface area (Å²) in [5.74, 6) is 0.847. The third-order valence-electron chi connectivity index (χ3n) is 4.30. The van der Waals surface area contributed by atoms with Crippen molar-refractivity contribution in [2.75, 3.05) is 35.7 Å². The smallest absolute Gasteiger partial charge is 0.273 e. The highest BCUT2D eigenvalue weighted by Gasteiger charge is 2.16. The van der Waals surface area contributed by atoms with Gasteiger partial charge in [-0.15, -0.1) is 11.6 Å². The number of hydrogen-bond donors (Lipinski definition) is 3. The van der Waals surface area contributed by atoms with Crippen LogP contribution in [0.3, 0.4) is 0 Å². The van der Waals surface area contributed by atoms with Crippen LogP contribution in [0.2, 0.25) is 0 Å². The number of nitrogens with one attached hydrogen (secondary N) is 3. The lowest BCUT2D eigenvalue weighted by Crippen LogP contribution is -2.38. The second-order valence-corrected chi connectivity index (χ2v) is 6.81. The van der Waals surface area contributed by atoms with E-state index in [4.69, 9.17) is 16.3 Å². The highest BCUT2D eigenvalue weighted by atomic mass is 35.5. The maximum absolute atomic E-state index is 12.6. The summed E-state index contributed by atoms with van der Waals surface area (Å²) in [5, 5.41) is 7.19. The van der Waals surface area contributed by atoms with E-state index >= 15 is 0 Å². The Morgan fingerprint density at radius 2 is 1.60 bits per heavy atom. The van der Waals surface area contributed by atoms with Gasteiger partial charge in [0.2, 0.25) is 5.91 Å². The highest BCUT2D eigenvalue weighted by Crippen LogP contribution is 2.21. The molecule has 2 rings (SSSR count). The second kappa shape index (κ2) is 11.8. The van der Waals surface area contributed by atoms with Crippen LogP contribution in [-0.4, -0.2) is 31.9 Å². The first-order valence-corrected chi connectivity index (χ1v) is 10.1. The summed E-state index contributed by atoms with van der Waals surface area (Å²) in [7, 11) is 3.29. The molecule has 160 valence electrons. The van der Waals surface area contributed by atoms with E-state index in [-0.39, 0.29) is 17.5 Å². The maximum Gasteiger partial charge on any atom is 0.273 e. The first-order chi connectivity index (χ1) is 14.5. The summed E-state index contributed by atoms with van der Waals surface area (Å²) >= 11 is 5.62. The van der Waals surface area contributed by atoms with Crippen molar-refractivity contribution in [1.29, 1.82) is 0 Å². The number of hydrogen-bond acceptors (Lipinski definition) is 5. The molecule has 2 aromatic rings. The fourth-order valence-electron chi connectivity index (χ4n) is 2.70. The molecule has 0 aliphatic carbocycles.